The van der Waals surface area contributed by atoms with Crippen LogP contribution < -0.4 is 20.9 Å². The first kappa shape index (κ1) is 23.8. The van der Waals surface area contributed by atoms with Crippen LogP contribution >= 0.6 is 23.2 Å². The average molecular weight is 491 g/mol. The molecule has 0 aliphatic carbocycles. The number of rotatable bonds is 7. The summed E-state index contributed by atoms with van der Waals surface area (Å²) in [7, 11) is 3.29. The van der Waals surface area contributed by atoms with E-state index in [1.54, 1.807) is 37.1 Å². The van der Waals surface area contributed by atoms with Crippen LogP contribution in [0.15, 0.2) is 23.1 Å². The lowest BCUT2D eigenvalue weighted by Crippen LogP contribution is -2.44. The number of aryl methyl sites for hydroxylation is 2. The van der Waals surface area contributed by atoms with E-state index < -0.39 is 0 Å². The first-order valence-corrected chi connectivity index (χ1v) is 11.7. The molecule has 0 saturated carbocycles. The highest BCUT2D eigenvalue weighted by Crippen LogP contribution is 2.42. The number of pyridine rings is 1. The van der Waals surface area contributed by atoms with Crippen LogP contribution in [0.25, 0.3) is 22.2 Å². The predicted molar refractivity (Wildman–Crippen MR) is 134 cm³/mol. The summed E-state index contributed by atoms with van der Waals surface area (Å²) in [6.45, 7) is 7.29. The molecule has 4 rings (SSSR count). The molecule has 2 N–H and O–H groups in total. The normalized spacial score (nSPS) is 14.6. The summed E-state index contributed by atoms with van der Waals surface area (Å²) in [5, 5.41) is 7.78. The van der Waals surface area contributed by atoms with Crippen LogP contribution in [-0.2, 0) is 6.54 Å². The minimum atomic E-state index is -0.194. The van der Waals surface area contributed by atoms with E-state index in [9.17, 15) is 4.79 Å². The van der Waals surface area contributed by atoms with E-state index in [1.165, 1.54) is 0 Å². The van der Waals surface area contributed by atoms with E-state index in [-0.39, 0.29) is 5.56 Å². The van der Waals surface area contributed by atoms with Gasteiger partial charge in [0.2, 0.25) is 5.95 Å². The number of benzene rings is 1. The fraction of sp³-hybridized carbons (Fsp3) is 0.435. The fourth-order valence-corrected chi connectivity index (χ4v) is 4.81. The molecule has 10 heteroatoms. The lowest BCUT2D eigenvalue weighted by atomic mass is 10.0. The Morgan fingerprint density at radius 1 is 1.18 bits per heavy atom. The van der Waals surface area contributed by atoms with Crippen LogP contribution in [0, 0.1) is 6.92 Å². The fourth-order valence-electron chi connectivity index (χ4n) is 4.18. The Kier molecular flexibility index (Phi) is 7.38. The van der Waals surface area contributed by atoms with Crippen molar-refractivity contribution >= 4 is 40.2 Å². The van der Waals surface area contributed by atoms with Gasteiger partial charge in [0.1, 0.15) is 11.4 Å². The van der Waals surface area contributed by atoms with E-state index in [1.807, 2.05) is 6.92 Å². The minimum Gasteiger partial charge on any atom is -0.495 e. The number of piperazine rings is 1. The Morgan fingerprint density at radius 3 is 2.64 bits per heavy atom. The third-order valence-electron chi connectivity index (χ3n) is 5.95. The largest absolute Gasteiger partial charge is 0.495 e. The van der Waals surface area contributed by atoms with Gasteiger partial charge < -0.3 is 20.3 Å². The number of aromatic nitrogens is 3. The maximum Gasteiger partial charge on any atom is 0.260 e. The monoisotopic (exact) mass is 490 g/mol. The van der Waals surface area contributed by atoms with E-state index in [0.717, 1.165) is 50.1 Å². The molecule has 1 aromatic carbocycles. The van der Waals surface area contributed by atoms with Crippen molar-refractivity contribution in [2.24, 2.45) is 0 Å². The molecule has 0 spiro atoms. The second kappa shape index (κ2) is 10.3. The van der Waals surface area contributed by atoms with Gasteiger partial charge in [-0.3, -0.25) is 9.36 Å². The van der Waals surface area contributed by atoms with Gasteiger partial charge in [-0.15, -0.1) is 0 Å². The molecule has 0 radical (unpaired) electrons. The average Bonchev–Trinajstić information content (AvgIpc) is 2.83. The number of nitrogens with zero attached hydrogens (tertiary/aromatic N) is 4. The zero-order valence-electron chi connectivity index (χ0n) is 19.0. The van der Waals surface area contributed by atoms with E-state index >= 15 is 0 Å². The molecule has 1 fully saturated rings. The second-order valence-electron chi connectivity index (χ2n) is 8.08. The van der Waals surface area contributed by atoms with Gasteiger partial charge in [0.25, 0.3) is 5.56 Å². The highest BCUT2D eigenvalue weighted by Gasteiger charge is 2.22. The summed E-state index contributed by atoms with van der Waals surface area (Å²) in [5.41, 5.74) is 2.04. The molecule has 0 unspecified atom stereocenters. The van der Waals surface area contributed by atoms with Gasteiger partial charge in [-0.1, -0.05) is 23.2 Å². The van der Waals surface area contributed by atoms with Crippen molar-refractivity contribution in [2.45, 2.75) is 19.9 Å². The predicted octanol–water partition coefficient (Wildman–Crippen LogP) is 3.42. The number of nitrogens with one attached hydrogen (secondary N) is 2. The molecular formula is C23H28Cl2N6O2. The quantitative estimate of drug-likeness (QED) is 0.524. The summed E-state index contributed by atoms with van der Waals surface area (Å²) >= 11 is 13.3. The standard InChI is InChI=1S/C23H28Cl2N6O2/c1-14-11-17(33-3)20(25)18(19(14)24)16-12-15-13-28-23(26-2)29-21(15)31(22(16)32)8-4-7-30-9-5-27-6-10-30/h11-13,27H,4-10H2,1-3H3,(H,26,28,29). The molecule has 0 atom stereocenters. The van der Waals surface area contributed by atoms with E-state index in [0.29, 0.717) is 45.1 Å². The summed E-state index contributed by atoms with van der Waals surface area (Å²) in [5.74, 6) is 0.930. The first-order chi connectivity index (χ1) is 15.9. The van der Waals surface area contributed by atoms with Gasteiger partial charge >= 0.3 is 0 Å². The van der Waals surface area contributed by atoms with E-state index in [2.05, 4.69) is 25.5 Å². The molecule has 2 aromatic heterocycles. The Morgan fingerprint density at radius 2 is 1.94 bits per heavy atom. The molecule has 3 heterocycles. The third-order valence-corrected chi connectivity index (χ3v) is 6.82. The highest BCUT2D eigenvalue weighted by atomic mass is 35.5. The van der Waals surface area contributed by atoms with Crippen molar-refractivity contribution in [1.29, 1.82) is 0 Å². The third kappa shape index (κ3) is 4.80. The molecule has 1 aliphatic rings. The van der Waals surface area contributed by atoms with Crippen molar-refractivity contribution in [1.82, 2.24) is 24.8 Å². The molecular weight excluding hydrogens is 463 g/mol. The summed E-state index contributed by atoms with van der Waals surface area (Å²) in [4.78, 5) is 25.1. The number of halogens is 2. The maximum absolute atomic E-state index is 13.8. The van der Waals surface area contributed by atoms with Gasteiger partial charge in [-0.2, -0.15) is 4.98 Å². The Labute approximate surface area is 202 Å². The lowest BCUT2D eigenvalue weighted by molar-refractivity contribution is 0.234. The number of fused-ring (bicyclic) bond motifs is 1. The SMILES string of the molecule is CNc1ncc2cc(-c3c(Cl)c(C)cc(OC)c3Cl)c(=O)n(CCCN3CCNCC3)c2n1. The molecule has 1 saturated heterocycles. The Hall–Kier alpha value is -2.39. The van der Waals surface area contributed by atoms with Crippen LogP contribution in [0.3, 0.4) is 0 Å². The van der Waals surface area contributed by atoms with Crippen LogP contribution in [0.5, 0.6) is 5.75 Å². The van der Waals surface area contributed by atoms with Crippen molar-refractivity contribution in [3.8, 4) is 16.9 Å². The van der Waals surface area contributed by atoms with Gasteiger partial charge in [-0.05, 0) is 37.6 Å². The summed E-state index contributed by atoms with van der Waals surface area (Å²) < 4.78 is 7.13. The highest BCUT2D eigenvalue weighted by molar-refractivity contribution is 6.40. The van der Waals surface area contributed by atoms with Gasteiger partial charge in [0.15, 0.2) is 0 Å². The summed E-state index contributed by atoms with van der Waals surface area (Å²) in [6, 6.07) is 3.53. The topological polar surface area (TPSA) is 84.3 Å². The second-order valence-corrected chi connectivity index (χ2v) is 8.84. The lowest BCUT2D eigenvalue weighted by Gasteiger charge is -2.27. The molecule has 1 aliphatic heterocycles. The molecule has 0 bridgehead atoms. The Balaban J connectivity index is 1.83. The van der Waals surface area contributed by atoms with Gasteiger partial charge in [0, 0.05) is 56.9 Å². The smallest absolute Gasteiger partial charge is 0.260 e. The van der Waals surface area contributed by atoms with Crippen molar-refractivity contribution in [3.63, 3.8) is 0 Å². The maximum atomic E-state index is 13.8. The number of ether oxygens (including phenoxy) is 1. The van der Waals surface area contributed by atoms with Crippen molar-refractivity contribution < 1.29 is 4.74 Å². The van der Waals surface area contributed by atoms with Crippen LogP contribution in [0.4, 0.5) is 5.95 Å². The molecule has 176 valence electrons. The number of methoxy groups -OCH3 is 1. The molecule has 33 heavy (non-hydrogen) atoms. The van der Waals surface area contributed by atoms with Crippen molar-refractivity contribution in [3.05, 3.63) is 44.3 Å². The zero-order valence-corrected chi connectivity index (χ0v) is 20.6. The van der Waals surface area contributed by atoms with Gasteiger partial charge in [-0.25, -0.2) is 4.98 Å². The van der Waals surface area contributed by atoms with Crippen molar-refractivity contribution in [2.75, 3.05) is 52.2 Å². The number of anilines is 1. The molecule has 0 amide bonds. The number of hydrogen-bond acceptors (Lipinski definition) is 7. The minimum absolute atomic E-state index is 0.194. The number of hydrogen-bond donors (Lipinski definition) is 2. The Bertz CT molecular complexity index is 1220. The van der Waals surface area contributed by atoms with Crippen LogP contribution in [-0.4, -0.2) is 66.3 Å². The summed E-state index contributed by atoms with van der Waals surface area (Å²) in [6.07, 6.45) is 2.52. The van der Waals surface area contributed by atoms with E-state index in [4.69, 9.17) is 27.9 Å². The van der Waals surface area contributed by atoms with Crippen LogP contribution in [0.2, 0.25) is 10.0 Å². The van der Waals surface area contributed by atoms with Crippen LogP contribution in [0.1, 0.15) is 12.0 Å². The van der Waals surface area contributed by atoms with Gasteiger partial charge in [0.05, 0.1) is 22.7 Å². The zero-order chi connectivity index (χ0) is 23.5. The first-order valence-electron chi connectivity index (χ1n) is 11.0. The molecule has 3 aromatic rings. The molecule has 8 nitrogen and oxygen atoms in total.